The molecule has 0 unspecified atom stereocenters. The van der Waals surface area contributed by atoms with Crippen molar-refractivity contribution in [3.8, 4) is 0 Å². The lowest BCUT2D eigenvalue weighted by atomic mass is 10.3. The van der Waals surface area contributed by atoms with Crippen molar-refractivity contribution in [2.75, 3.05) is 5.32 Å². The molecule has 90 valence electrons. The quantitative estimate of drug-likeness (QED) is 0.781. The van der Waals surface area contributed by atoms with Gasteiger partial charge in [0.25, 0.3) is 5.91 Å². The number of imidazole rings is 1. The number of anilines is 1. The molecule has 4 nitrogen and oxygen atoms in total. The van der Waals surface area contributed by atoms with E-state index in [4.69, 9.17) is 11.6 Å². The van der Waals surface area contributed by atoms with Crippen molar-refractivity contribution in [2.45, 2.75) is 0 Å². The van der Waals surface area contributed by atoms with E-state index in [0.29, 0.717) is 16.4 Å². The van der Waals surface area contributed by atoms with Gasteiger partial charge in [-0.25, -0.2) is 4.98 Å². The summed E-state index contributed by atoms with van der Waals surface area (Å²) in [5.41, 5.74) is 1.05. The predicted molar refractivity (Wildman–Crippen MR) is 72.5 cm³/mol. The van der Waals surface area contributed by atoms with Crippen LogP contribution in [0.25, 0.3) is 4.96 Å². The van der Waals surface area contributed by atoms with Crippen LogP contribution in [-0.4, -0.2) is 15.3 Å². The Hall–Kier alpha value is -1.85. The van der Waals surface area contributed by atoms with Gasteiger partial charge in [0.1, 0.15) is 5.69 Å². The first-order valence-corrected chi connectivity index (χ1v) is 6.47. The molecule has 0 fully saturated rings. The average molecular weight is 278 g/mol. The predicted octanol–water partition coefficient (Wildman–Crippen LogP) is 3.30. The largest absolute Gasteiger partial charge is 0.321 e. The number of benzene rings is 1. The van der Waals surface area contributed by atoms with E-state index in [-0.39, 0.29) is 5.91 Å². The molecule has 6 heteroatoms. The average Bonchev–Trinajstić information content (AvgIpc) is 2.88. The normalized spacial score (nSPS) is 10.7. The van der Waals surface area contributed by atoms with Gasteiger partial charge in [0.05, 0.1) is 0 Å². The highest BCUT2D eigenvalue weighted by Crippen LogP contribution is 2.16. The van der Waals surface area contributed by atoms with Gasteiger partial charge in [0.2, 0.25) is 0 Å². The van der Waals surface area contributed by atoms with Crippen molar-refractivity contribution in [1.82, 2.24) is 9.38 Å². The summed E-state index contributed by atoms with van der Waals surface area (Å²) in [7, 11) is 0. The number of fused-ring (bicyclic) bond motifs is 1. The lowest BCUT2D eigenvalue weighted by Gasteiger charge is -2.02. The summed E-state index contributed by atoms with van der Waals surface area (Å²) >= 11 is 7.34. The molecule has 1 amide bonds. The fraction of sp³-hybridized carbons (Fsp3) is 0. The van der Waals surface area contributed by atoms with E-state index in [2.05, 4.69) is 10.3 Å². The van der Waals surface area contributed by atoms with E-state index < -0.39 is 0 Å². The lowest BCUT2D eigenvalue weighted by molar-refractivity contribution is 0.102. The Labute approximate surface area is 112 Å². The van der Waals surface area contributed by atoms with Crippen molar-refractivity contribution in [2.24, 2.45) is 0 Å². The molecule has 1 aromatic carbocycles. The zero-order valence-electron chi connectivity index (χ0n) is 9.13. The van der Waals surface area contributed by atoms with Gasteiger partial charge in [-0.15, -0.1) is 11.3 Å². The fourth-order valence-corrected chi connectivity index (χ4v) is 2.49. The van der Waals surface area contributed by atoms with Crippen LogP contribution in [0.3, 0.4) is 0 Å². The minimum atomic E-state index is -0.242. The van der Waals surface area contributed by atoms with Gasteiger partial charge in [-0.1, -0.05) is 17.7 Å². The number of amides is 1. The standard InChI is InChI=1S/C12H8ClN3OS/c13-8-2-1-3-9(6-8)14-11(17)10-7-16-4-5-18-12(16)15-10/h1-7H,(H,14,17). The van der Waals surface area contributed by atoms with Gasteiger partial charge in [0, 0.05) is 28.5 Å². The molecule has 0 spiro atoms. The number of carbonyl (C=O) groups excluding carboxylic acids is 1. The van der Waals surface area contributed by atoms with Crippen molar-refractivity contribution in [1.29, 1.82) is 0 Å². The molecule has 2 heterocycles. The van der Waals surface area contributed by atoms with Crippen molar-refractivity contribution in [3.05, 3.63) is 52.8 Å². The third-order valence-electron chi connectivity index (χ3n) is 2.41. The number of nitrogens with zero attached hydrogens (tertiary/aromatic N) is 2. The molecular weight excluding hydrogens is 270 g/mol. The Balaban J connectivity index is 1.85. The van der Waals surface area contributed by atoms with Crippen LogP contribution in [0, 0.1) is 0 Å². The summed E-state index contributed by atoms with van der Waals surface area (Å²) in [6.45, 7) is 0. The summed E-state index contributed by atoms with van der Waals surface area (Å²) in [6, 6.07) is 7.01. The van der Waals surface area contributed by atoms with E-state index in [1.54, 1.807) is 30.5 Å². The summed E-state index contributed by atoms with van der Waals surface area (Å²) in [6.07, 6.45) is 3.56. The zero-order chi connectivity index (χ0) is 12.5. The highest BCUT2D eigenvalue weighted by atomic mass is 35.5. The Morgan fingerprint density at radius 1 is 1.44 bits per heavy atom. The topological polar surface area (TPSA) is 46.4 Å². The summed E-state index contributed by atoms with van der Waals surface area (Å²) in [4.78, 5) is 17.0. The highest BCUT2D eigenvalue weighted by molar-refractivity contribution is 7.15. The second kappa shape index (κ2) is 4.44. The van der Waals surface area contributed by atoms with E-state index in [1.165, 1.54) is 11.3 Å². The van der Waals surface area contributed by atoms with Crippen LogP contribution in [0.4, 0.5) is 5.69 Å². The molecule has 0 aliphatic heterocycles. The summed E-state index contributed by atoms with van der Waals surface area (Å²) in [5, 5.41) is 5.25. The van der Waals surface area contributed by atoms with E-state index >= 15 is 0 Å². The number of aromatic nitrogens is 2. The molecule has 0 bridgehead atoms. The number of nitrogens with one attached hydrogen (secondary N) is 1. The number of halogens is 1. The maximum atomic E-state index is 12.0. The van der Waals surface area contributed by atoms with Crippen LogP contribution in [0.2, 0.25) is 5.02 Å². The number of thiazole rings is 1. The first kappa shape index (κ1) is 11.3. The van der Waals surface area contributed by atoms with E-state index in [0.717, 1.165) is 4.96 Å². The summed E-state index contributed by atoms with van der Waals surface area (Å²) < 4.78 is 1.82. The molecule has 0 radical (unpaired) electrons. The molecule has 0 atom stereocenters. The number of hydrogen-bond acceptors (Lipinski definition) is 3. The Kier molecular flexibility index (Phi) is 2.77. The molecule has 0 saturated carbocycles. The smallest absolute Gasteiger partial charge is 0.275 e. The zero-order valence-corrected chi connectivity index (χ0v) is 10.7. The van der Waals surface area contributed by atoms with Crippen molar-refractivity contribution < 1.29 is 4.79 Å². The maximum absolute atomic E-state index is 12.0. The monoisotopic (exact) mass is 277 g/mol. The molecule has 18 heavy (non-hydrogen) atoms. The van der Waals surface area contributed by atoms with Gasteiger partial charge >= 0.3 is 0 Å². The second-order valence-electron chi connectivity index (χ2n) is 3.68. The Morgan fingerprint density at radius 3 is 3.11 bits per heavy atom. The molecule has 2 aromatic heterocycles. The van der Waals surface area contributed by atoms with Crippen LogP contribution >= 0.6 is 22.9 Å². The molecule has 3 aromatic rings. The van der Waals surface area contributed by atoms with Gasteiger partial charge in [-0.2, -0.15) is 0 Å². The Morgan fingerprint density at radius 2 is 2.33 bits per heavy atom. The van der Waals surface area contributed by atoms with Crippen LogP contribution in [0.15, 0.2) is 42.0 Å². The van der Waals surface area contributed by atoms with E-state index in [9.17, 15) is 4.79 Å². The van der Waals surface area contributed by atoms with Crippen molar-refractivity contribution in [3.63, 3.8) is 0 Å². The minimum absolute atomic E-state index is 0.242. The van der Waals surface area contributed by atoms with Crippen LogP contribution in [0.1, 0.15) is 10.5 Å². The first-order chi connectivity index (χ1) is 8.72. The Bertz CT molecular complexity index is 690. The lowest BCUT2D eigenvalue weighted by Crippen LogP contribution is -2.12. The van der Waals surface area contributed by atoms with Gasteiger partial charge in [0.15, 0.2) is 4.96 Å². The SMILES string of the molecule is O=C(Nc1cccc(Cl)c1)c1cn2ccsc2n1. The minimum Gasteiger partial charge on any atom is -0.321 e. The van der Waals surface area contributed by atoms with Gasteiger partial charge < -0.3 is 5.32 Å². The van der Waals surface area contributed by atoms with Crippen LogP contribution in [0.5, 0.6) is 0 Å². The molecule has 3 rings (SSSR count). The van der Waals surface area contributed by atoms with Crippen molar-refractivity contribution >= 4 is 39.5 Å². The maximum Gasteiger partial charge on any atom is 0.275 e. The highest BCUT2D eigenvalue weighted by Gasteiger charge is 2.11. The van der Waals surface area contributed by atoms with Gasteiger partial charge in [-0.05, 0) is 18.2 Å². The van der Waals surface area contributed by atoms with Crippen LogP contribution < -0.4 is 5.32 Å². The third kappa shape index (κ3) is 2.10. The third-order valence-corrected chi connectivity index (χ3v) is 3.41. The van der Waals surface area contributed by atoms with Gasteiger partial charge in [-0.3, -0.25) is 9.20 Å². The van der Waals surface area contributed by atoms with E-state index in [1.807, 2.05) is 16.0 Å². The number of hydrogen-bond donors (Lipinski definition) is 1. The molecular formula is C12H8ClN3OS. The number of rotatable bonds is 2. The molecule has 0 aliphatic rings. The molecule has 0 saturated heterocycles. The summed E-state index contributed by atoms with van der Waals surface area (Å²) in [5.74, 6) is -0.242. The fourth-order valence-electron chi connectivity index (χ4n) is 1.60. The molecule has 1 N–H and O–H groups in total. The first-order valence-electron chi connectivity index (χ1n) is 5.21. The number of carbonyl (C=O) groups is 1. The van der Waals surface area contributed by atoms with Crippen LogP contribution in [-0.2, 0) is 0 Å². The second-order valence-corrected chi connectivity index (χ2v) is 4.99. The molecule has 0 aliphatic carbocycles.